The van der Waals surface area contributed by atoms with Crippen LogP contribution in [0.3, 0.4) is 0 Å². The highest BCUT2D eigenvalue weighted by Gasteiger charge is 2.72. The number of nitrogens with one attached hydrogen (secondary N) is 1. The van der Waals surface area contributed by atoms with Crippen molar-refractivity contribution in [3.05, 3.63) is 89.5 Å². The van der Waals surface area contributed by atoms with E-state index in [1.54, 1.807) is 23.1 Å². The molecule has 4 aliphatic heterocycles. The number of esters is 1. The molecule has 254 valence electrons. The van der Waals surface area contributed by atoms with Crippen molar-refractivity contribution in [2.45, 2.75) is 76.9 Å². The van der Waals surface area contributed by atoms with Gasteiger partial charge in [0.25, 0.3) is 5.91 Å². The van der Waals surface area contributed by atoms with Gasteiger partial charge in [-0.3, -0.25) is 19.2 Å². The Morgan fingerprint density at radius 3 is 2.40 bits per heavy atom. The SMILES string of the molecule is Cc1cccc(C)c1N1CC=C[C@]23O[C@@H]4/C=C\CCC(=O)NC[C@@H](c5ccccc5)OC(=O)[C@@H]4[C@H]2C(=O)N([C@@H](CO)CC(C)C)[C@@H]3C1=O. The zero-order valence-electron chi connectivity index (χ0n) is 28.0. The van der Waals surface area contributed by atoms with E-state index in [1.807, 2.05) is 82.3 Å². The Morgan fingerprint density at radius 2 is 1.71 bits per heavy atom. The molecule has 1 spiro atoms. The summed E-state index contributed by atoms with van der Waals surface area (Å²) in [7, 11) is 0. The first-order valence-electron chi connectivity index (χ1n) is 16.9. The third-order valence-electron chi connectivity index (χ3n) is 10.0. The van der Waals surface area contributed by atoms with Crippen LogP contribution in [0.15, 0.2) is 72.8 Å². The zero-order valence-corrected chi connectivity index (χ0v) is 28.0. The van der Waals surface area contributed by atoms with Crippen molar-refractivity contribution in [1.29, 1.82) is 0 Å². The molecule has 3 amide bonds. The number of ether oxygens (including phenoxy) is 2. The number of rotatable bonds is 6. The van der Waals surface area contributed by atoms with Gasteiger partial charge in [-0.2, -0.15) is 0 Å². The van der Waals surface area contributed by atoms with Crippen LogP contribution in [0.1, 0.15) is 55.9 Å². The van der Waals surface area contributed by atoms with Gasteiger partial charge in [0, 0.05) is 18.7 Å². The van der Waals surface area contributed by atoms with Gasteiger partial charge in [-0.15, -0.1) is 0 Å². The van der Waals surface area contributed by atoms with E-state index in [2.05, 4.69) is 5.32 Å². The van der Waals surface area contributed by atoms with Gasteiger partial charge < -0.3 is 29.7 Å². The smallest absolute Gasteiger partial charge is 0.313 e. The second-order valence-corrected chi connectivity index (χ2v) is 13.8. The number of aryl methyl sites for hydroxylation is 2. The number of benzene rings is 2. The number of aliphatic hydroxyl groups excluding tert-OH is 1. The van der Waals surface area contributed by atoms with Crippen molar-refractivity contribution < 1.29 is 33.8 Å². The molecule has 2 aromatic carbocycles. The maximum absolute atomic E-state index is 15.0. The number of cyclic esters (lactones) is 1. The fraction of sp³-hybridized carbons (Fsp3) is 0.474. The Kier molecular flexibility index (Phi) is 9.58. The number of carbonyl (C=O) groups excluding carboxylic acids is 4. The average molecular weight is 656 g/mol. The van der Waals surface area contributed by atoms with Gasteiger partial charge in [-0.25, -0.2) is 0 Å². The van der Waals surface area contributed by atoms with Gasteiger partial charge in [0.15, 0.2) is 0 Å². The molecule has 4 aliphatic rings. The van der Waals surface area contributed by atoms with Crippen molar-refractivity contribution in [1.82, 2.24) is 10.2 Å². The average Bonchev–Trinajstić information content (AvgIpc) is 3.45. The molecule has 48 heavy (non-hydrogen) atoms. The molecule has 6 rings (SSSR count). The highest BCUT2D eigenvalue weighted by Crippen LogP contribution is 2.54. The predicted molar refractivity (Wildman–Crippen MR) is 180 cm³/mol. The first kappa shape index (κ1) is 33.6. The fourth-order valence-corrected chi connectivity index (χ4v) is 7.99. The minimum atomic E-state index is -1.50. The Labute approximate surface area is 281 Å². The minimum Gasteiger partial charge on any atom is -0.455 e. The van der Waals surface area contributed by atoms with Crippen LogP contribution in [0.25, 0.3) is 0 Å². The van der Waals surface area contributed by atoms with Gasteiger partial charge >= 0.3 is 5.97 Å². The van der Waals surface area contributed by atoms with Crippen LogP contribution in [-0.2, 0) is 28.7 Å². The van der Waals surface area contributed by atoms with Crippen LogP contribution in [-0.4, -0.2) is 77.2 Å². The maximum Gasteiger partial charge on any atom is 0.313 e. The van der Waals surface area contributed by atoms with E-state index >= 15 is 0 Å². The highest BCUT2D eigenvalue weighted by molar-refractivity contribution is 6.06. The molecule has 0 aromatic heterocycles. The second-order valence-electron chi connectivity index (χ2n) is 13.8. The molecular formula is C38H45N3O7. The number of aliphatic hydroxyl groups is 1. The number of anilines is 1. The number of nitrogens with zero attached hydrogens (tertiary/aromatic N) is 2. The number of likely N-dealkylation sites (tertiary alicyclic amines) is 1. The molecule has 0 saturated carbocycles. The van der Waals surface area contributed by atoms with Gasteiger partial charge in [0.1, 0.15) is 23.7 Å². The maximum atomic E-state index is 15.0. The molecule has 2 N–H and O–H groups in total. The lowest BCUT2D eigenvalue weighted by Gasteiger charge is -2.39. The van der Waals surface area contributed by atoms with Crippen molar-refractivity contribution >= 4 is 29.4 Å². The molecule has 0 aliphatic carbocycles. The Balaban J connectivity index is 1.48. The molecule has 10 heteroatoms. The number of hydrogen-bond acceptors (Lipinski definition) is 7. The van der Waals surface area contributed by atoms with Crippen molar-refractivity contribution in [2.24, 2.45) is 17.8 Å². The molecule has 7 atom stereocenters. The Bertz CT molecular complexity index is 1600. The highest BCUT2D eigenvalue weighted by atomic mass is 16.6. The third kappa shape index (κ3) is 5.96. The monoisotopic (exact) mass is 655 g/mol. The summed E-state index contributed by atoms with van der Waals surface area (Å²) in [5.41, 5.74) is 1.79. The van der Waals surface area contributed by atoms with Gasteiger partial charge in [0.05, 0.1) is 31.2 Å². The van der Waals surface area contributed by atoms with Gasteiger partial charge in [-0.05, 0) is 49.3 Å². The van der Waals surface area contributed by atoms with Crippen LogP contribution >= 0.6 is 0 Å². The summed E-state index contributed by atoms with van der Waals surface area (Å²) >= 11 is 0. The van der Waals surface area contributed by atoms with E-state index in [4.69, 9.17) is 9.47 Å². The standard InChI is InChI=1S/C38H45N3O7/c1-23(2)20-27(22-42)41-34-36(45)40(33-24(3)12-10-13-25(33)4)19-11-18-38(34)32(35(41)44)31-28(48-38)16-8-9-17-30(43)39-21-29(47-37(31)46)26-14-6-5-7-15-26/h5-8,10-16,18,23,27-29,31-32,34,42H,9,17,19-22H2,1-4H3,(H,39,43)/b16-8-/t27-,28-,29+,31+,32+,34-,38+/m1/s1. The van der Waals surface area contributed by atoms with E-state index < -0.39 is 53.6 Å². The van der Waals surface area contributed by atoms with Crippen LogP contribution in [0.5, 0.6) is 0 Å². The lowest BCUT2D eigenvalue weighted by atomic mass is 9.77. The van der Waals surface area contributed by atoms with Gasteiger partial charge in [0.2, 0.25) is 11.8 Å². The van der Waals surface area contributed by atoms with E-state index in [-0.39, 0.29) is 43.8 Å². The van der Waals surface area contributed by atoms with Crippen LogP contribution in [0.2, 0.25) is 0 Å². The lowest BCUT2D eigenvalue weighted by molar-refractivity contribution is -0.160. The third-order valence-corrected chi connectivity index (χ3v) is 10.0. The molecule has 0 bridgehead atoms. The molecule has 2 aromatic rings. The summed E-state index contributed by atoms with van der Waals surface area (Å²) in [6.45, 7) is 7.86. The molecule has 2 saturated heterocycles. The summed E-state index contributed by atoms with van der Waals surface area (Å²) in [4.78, 5) is 60.1. The van der Waals surface area contributed by atoms with E-state index in [0.29, 0.717) is 18.4 Å². The molecule has 4 heterocycles. The largest absolute Gasteiger partial charge is 0.455 e. The molecule has 10 nitrogen and oxygen atoms in total. The number of fused-ring (bicyclic) bond motifs is 2. The van der Waals surface area contributed by atoms with Crippen LogP contribution in [0.4, 0.5) is 5.69 Å². The zero-order chi connectivity index (χ0) is 34.2. The second kappa shape index (κ2) is 13.7. The Morgan fingerprint density at radius 1 is 0.979 bits per heavy atom. The molecule has 0 radical (unpaired) electrons. The van der Waals surface area contributed by atoms with E-state index in [1.165, 1.54) is 4.90 Å². The van der Waals surface area contributed by atoms with E-state index in [9.17, 15) is 24.3 Å². The van der Waals surface area contributed by atoms with Crippen LogP contribution < -0.4 is 10.2 Å². The number of hydrogen-bond donors (Lipinski definition) is 2. The first-order chi connectivity index (χ1) is 23.1. The summed E-state index contributed by atoms with van der Waals surface area (Å²) in [6.07, 6.45) is 6.55. The number of para-hydroxylation sites is 1. The number of amides is 3. The van der Waals surface area contributed by atoms with E-state index in [0.717, 1.165) is 16.8 Å². The predicted octanol–water partition coefficient (Wildman–Crippen LogP) is 3.94. The normalized spacial score (nSPS) is 30.4. The molecule has 0 unspecified atom stereocenters. The summed E-state index contributed by atoms with van der Waals surface area (Å²) < 4.78 is 13.0. The summed E-state index contributed by atoms with van der Waals surface area (Å²) in [5.74, 6) is -3.63. The topological polar surface area (TPSA) is 125 Å². The Hall–Kier alpha value is -4.28. The molecule has 2 fully saturated rings. The lowest BCUT2D eigenvalue weighted by Crippen LogP contribution is -2.58. The van der Waals surface area contributed by atoms with Gasteiger partial charge in [-0.1, -0.05) is 86.7 Å². The quantitative estimate of drug-likeness (QED) is 0.357. The summed E-state index contributed by atoms with van der Waals surface area (Å²) in [6, 6.07) is 13.2. The molecular weight excluding hydrogens is 610 g/mol. The van der Waals surface area contributed by atoms with Crippen molar-refractivity contribution in [3.8, 4) is 0 Å². The fourth-order valence-electron chi connectivity index (χ4n) is 7.99. The minimum absolute atomic E-state index is 0.0686. The number of allylic oxidation sites excluding steroid dienone is 1. The van der Waals surface area contributed by atoms with Crippen LogP contribution in [0, 0.1) is 31.6 Å². The van der Waals surface area contributed by atoms with Crippen molar-refractivity contribution in [3.63, 3.8) is 0 Å². The number of carbonyl (C=O) groups is 4. The summed E-state index contributed by atoms with van der Waals surface area (Å²) in [5, 5.41) is 13.6. The van der Waals surface area contributed by atoms with Crippen molar-refractivity contribution in [2.75, 3.05) is 24.6 Å². The first-order valence-corrected chi connectivity index (χ1v) is 16.9.